The summed E-state index contributed by atoms with van der Waals surface area (Å²) in [6.45, 7) is 3.19. The topological polar surface area (TPSA) is 110 Å². The Balaban J connectivity index is 1.31. The minimum Gasteiger partial charge on any atom is -0.478 e. The molecule has 0 amide bonds. The number of thiocarbonyl (C=S) groups is 1. The Morgan fingerprint density at radius 2 is 1.72 bits per heavy atom. The molecule has 1 saturated heterocycles. The molecule has 1 aromatic heterocycles. The van der Waals surface area contributed by atoms with Gasteiger partial charge >= 0.3 is 5.97 Å². The van der Waals surface area contributed by atoms with E-state index in [4.69, 9.17) is 17.3 Å². The third-order valence-electron chi connectivity index (χ3n) is 4.79. The van der Waals surface area contributed by atoms with Crippen LogP contribution in [0, 0.1) is 0 Å². The summed E-state index contributed by atoms with van der Waals surface area (Å²) in [5.74, 6) is -0.366. The second kappa shape index (κ2) is 8.23. The van der Waals surface area contributed by atoms with E-state index in [1.54, 1.807) is 12.1 Å². The highest BCUT2D eigenvalue weighted by molar-refractivity contribution is 7.80. The number of piperazine rings is 1. The maximum atomic E-state index is 11.0. The summed E-state index contributed by atoms with van der Waals surface area (Å²) in [6, 6.07) is 14.6. The molecule has 0 radical (unpaired) electrons. The van der Waals surface area contributed by atoms with Gasteiger partial charge in [0.05, 0.1) is 5.56 Å². The van der Waals surface area contributed by atoms with Crippen LogP contribution in [-0.4, -0.2) is 67.9 Å². The third-order valence-corrected chi connectivity index (χ3v) is 5.15. The Morgan fingerprint density at radius 3 is 2.31 bits per heavy atom. The van der Waals surface area contributed by atoms with E-state index in [2.05, 4.69) is 35.7 Å². The van der Waals surface area contributed by atoms with Crippen LogP contribution in [0.3, 0.4) is 0 Å². The molecule has 0 unspecified atom stereocenters. The summed E-state index contributed by atoms with van der Waals surface area (Å²) in [5.41, 5.74) is 3.08. The number of nitrogens with zero attached hydrogens (tertiary/aromatic N) is 5. The van der Waals surface area contributed by atoms with Gasteiger partial charge in [0.1, 0.15) is 0 Å². The van der Waals surface area contributed by atoms with Gasteiger partial charge in [-0.3, -0.25) is 0 Å². The number of H-pyrrole nitrogens is 1. The molecular formula is C19H19N7O2S. The van der Waals surface area contributed by atoms with Crippen LogP contribution in [0.1, 0.15) is 10.4 Å². The lowest BCUT2D eigenvalue weighted by Crippen LogP contribution is -2.50. The van der Waals surface area contributed by atoms with Gasteiger partial charge in [-0.15, -0.1) is 10.2 Å². The van der Waals surface area contributed by atoms with Crippen LogP contribution in [0.15, 0.2) is 48.5 Å². The molecule has 0 bridgehead atoms. The Morgan fingerprint density at radius 1 is 1.03 bits per heavy atom. The van der Waals surface area contributed by atoms with Gasteiger partial charge in [-0.2, -0.15) is 5.21 Å². The van der Waals surface area contributed by atoms with Crippen LogP contribution in [0.2, 0.25) is 0 Å². The first kappa shape index (κ1) is 18.8. The van der Waals surface area contributed by atoms with E-state index in [0.29, 0.717) is 16.5 Å². The molecule has 0 atom stereocenters. The second-order valence-corrected chi connectivity index (χ2v) is 6.96. The summed E-state index contributed by atoms with van der Waals surface area (Å²) in [5, 5.41) is 26.9. The van der Waals surface area contributed by atoms with Crippen LogP contribution in [0.5, 0.6) is 0 Å². The van der Waals surface area contributed by atoms with Crippen LogP contribution < -0.4 is 10.2 Å². The van der Waals surface area contributed by atoms with Gasteiger partial charge in [0.15, 0.2) is 5.11 Å². The number of nitrogens with one attached hydrogen (secondary N) is 2. The molecule has 0 saturated carbocycles. The molecule has 10 heteroatoms. The zero-order chi connectivity index (χ0) is 20.2. The lowest BCUT2D eigenvalue weighted by molar-refractivity contribution is 0.0697. The second-order valence-electron chi connectivity index (χ2n) is 6.57. The SMILES string of the molecule is O=C(O)c1ccc(N2CCN(C(=S)Nc3ccc(-c4nn[nH]n4)cc3)CC2)cc1. The number of carbonyl (C=O) groups is 1. The summed E-state index contributed by atoms with van der Waals surface area (Å²) < 4.78 is 0. The zero-order valence-electron chi connectivity index (χ0n) is 15.4. The van der Waals surface area contributed by atoms with Crippen molar-refractivity contribution >= 4 is 34.7 Å². The van der Waals surface area contributed by atoms with E-state index < -0.39 is 5.97 Å². The number of aromatic nitrogens is 4. The zero-order valence-corrected chi connectivity index (χ0v) is 16.3. The Hall–Kier alpha value is -3.53. The molecule has 29 heavy (non-hydrogen) atoms. The highest BCUT2D eigenvalue weighted by Gasteiger charge is 2.19. The number of anilines is 2. The lowest BCUT2D eigenvalue weighted by Gasteiger charge is -2.37. The van der Waals surface area contributed by atoms with E-state index in [-0.39, 0.29) is 0 Å². The van der Waals surface area contributed by atoms with Gasteiger partial charge in [-0.25, -0.2) is 4.79 Å². The molecule has 1 aliphatic heterocycles. The molecule has 3 N–H and O–H groups in total. The Bertz CT molecular complexity index is 982. The van der Waals surface area contributed by atoms with Gasteiger partial charge < -0.3 is 20.2 Å². The van der Waals surface area contributed by atoms with E-state index in [0.717, 1.165) is 43.1 Å². The van der Waals surface area contributed by atoms with Crippen LogP contribution >= 0.6 is 12.2 Å². The van der Waals surface area contributed by atoms with E-state index in [1.807, 2.05) is 36.4 Å². The van der Waals surface area contributed by atoms with E-state index in [9.17, 15) is 4.79 Å². The fourth-order valence-electron chi connectivity index (χ4n) is 3.17. The molecule has 1 aliphatic rings. The molecule has 2 aromatic carbocycles. The largest absolute Gasteiger partial charge is 0.478 e. The van der Waals surface area contributed by atoms with E-state index in [1.165, 1.54) is 0 Å². The lowest BCUT2D eigenvalue weighted by atomic mass is 10.2. The number of aromatic amines is 1. The molecule has 0 aliphatic carbocycles. The highest BCUT2D eigenvalue weighted by Crippen LogP contribution is 2.19. The van der Waals surface area contributed by atoms with Crippen molar-refractivity contribution < 1.29 is 9.90 Å². The fourth-order valence-corrected chi connectivity index (χ4v) is 3.47. The maximum Gasteiger partial charge on any atom is 0.335 e. The van der Waals surface area contributed by atoms with E-state index >= 15 is 0 Å². The summed E-state index contributed by atoms with van der Waals surface area (Å²) in [4.78, 5) is 15.3. The van der Waals surface area contributed by atoms with Crippen molar-refractivity contribution in [1.29, 1.82) is 0 Å². The van der Waals surface area contributed by atoms with Crippen molar-refractivity contribution in [1.82, 2.24) is 25.5 Å². The molecular weight excluding hydrogens is 390 g/mol. The summed E-state index contributed by atoms with van der Waals surface area (Å²) in [7, 11) is 0. The number of carboxylic acid groups (broad SMARTS) is 1. The van der Waals surface area contributed by atoms with Crippen molar-refractivity contribution in [2.45, 2.75) is 0 Å². The van der Waals surface area contributed by atoms with Gasteiger partial charge in [0.2, 0.25) is 5.82 Å². The number of benzene rings is 2. The minimum atomic E-state index is -0.914. The summed E-state index contributed by atoms with van der Waals surface area (Å²) >= 11 is 5.56. The Labute approximate surface area is 172 Å². The average molecular weight is 409 g/mol. The minimum absolute atomic E-state index is 0.295. The molecule has 1 fully saturated rings. The van der Waals surface area contributed by atoms with Crippen molar-refractivity contribution in [2.75, 3.05) is 36.4 Å². The summed E-state index contributed by atoms with van der Waals surface area (Å²) in [6.07, 6.45) is 0. The highest BCUT2D eigenvalue weighted by atomic mass is 32.1. The van der Waals surface area contributed by atoms with Crippen LogP contribution in [0.25, 0.3) is 11.4 Å². The van der Waals surface area contributed by atoms with Crippen molar-refractivity contribution in [3.63, 3.8) is 0 Å². The van der Waals surface area contributed by atoms with Crippen LogP contribution in [0.4, 0.5) is 11.4 Å². The van der Waals surface area contributed by atoms with Crippen molar-refractivity contribution in [3.8, 4) is 11.4 Å². The average Bonchev–Trinajstić information content (AvgIpc) is 3.29. The number of rotatable bonds is 4. The molecule has 2 heterocycles. The molecule has 4 rings (SSSR count). The van der Waals surface area contributed by atoms with Gasteiger partial charge in [0, 0.05) is 43.1 Å². The van der Waals surface area contributed by atoms with Gasteiger partial charge in [0.25, 0.3) is 0 Å². The third kappa shape index (κ3) is 4.32. The monoisotopic (exact) mass is 409 g/mol. The first-order valence-corrected chi connectivity index (χ1v) is 9.49. The smallest absolute Gasteiger partial charge is 0.335 e. The first-order chi connectivity index (χ1) is 14.1. The van der Waals surface area contributed by atoms with Gasteiger partial charge in [-0.05, 0) is 66.0 Å². The maximum absolute atomic E-state index is 11.0. The molecule has 9 nitrogen and oxygen atoms in total. The number of carboxylic acids is 1. The number of aromatic carboxylic acids is 1. The number of tetrazole rings is 1. The Kier molecular flexibility index (Phi) is 5.34. The number of hydrogen-bond donors (Lipinski definition) is 3. The quantitative estimate of drug-likeness (QED) is 0.558. The molecule has 0 spiro atoms. The normalized spacial score (nSPS) is 13.9. The van der Waals surface area contributed by atoms with Gasteiger partial charge in [-0.1, -0.05) is 0 Å². The van der Waals surface area contributed by atoms with Crippen molar-refractivity contribution in [2.24, 2.45) is 0 Å². The molecule has 148 valence electrons. The molecule has 3 aromatic rings. The standard InChI is InChI=1S/C19H19N7O2S/c27-18(28)14-3-7-16(8-4-14)25-9-11-26(12-10-25)19(29)20-15-5-1-13(2-6-15)17-21-23-24-22-17/h1-8H,9-12H2,(H,20,29)(H,27,28)(H,21,22,23,24). The van der Waals surface area contributed by atoms with Crippen molar-refractivity contribution in [3.05, 3.63) is 54.1 Å². The first-order valence-electron chi connectivity index (χ1n) is 9.08. The predicted octanol–water partition coefficient (Wildman–Crippen LogP) is 2.08. The fraction of sp³-hybridized carbons (Fsp3) is 0.211. The predicted molar refractivity (Wildman–Crippen MR) is 113 cm³/mol. The number of hydrogen-bond acceptors (Lipinski definition) is 6. The van der Waals surface area contributed by atoms with Crippen LogP contribution in [-0.2, 0) is 0 Å².